The minimum Gasteiger partial charge on any atom is -0.385 e. The zero-order valence-electron chi connectivity index (χ0n) is 17.9. The third kappa shape index (κ3) is 5.38. The van der Waals surface area contributed by atoms with Gasteiger partial charge in [-0.2, -0.15) is 0 Å². The highest BCUT2D eigenvalue weighted by Crippen LogP contribution is 2.35. The first-order chi connectivity index (χ1) is 14.1. The maximum absolute atomic E-state index is 12.3. The predicted molar refractivity (Wildman–Crippen MR) is 115 cm³/mol. The van der Waals surface area contributed by atoms with Crippen LogP contribution in [0, 0.1) is 0 Å². The van der Waals surface area contributed by atoms with E-state index in [0.29, 0.717) is 25.7 Å². The van der Waals surface area contributed by atoms with Gasteiger partial charge in [-0.1, -0.05) is 54.8 Å². The van der Waals surface area contributed by atoms with Crippen LogP contribution in [-0.4, -0.2) is 49.3 Å². The van der Waals surface area contributed by atoms with Crippen LogP contribution in [0.15, 0.2) is 34.9 Å². The fourth-order valence-corrected chi connectivity index (χ4v) is 4.12. The van der Waals surface area contributed by atoms with Crippen molar-refractivity contribution in [2.24, 2.45) is 0 Å². The maximum Gasteiger partial charge on any atom is 0.232 e. The van der Waals surface area contributed by atoms with Crippen LogP contribution in [0.1, 0.15) is 51.0 Å². The number of hydrogen-bond acceptors (Lipinski definition) is 5. The van der Waals surface area contributed by atoms with E-state index in [9.17, 15) is 4.79 Å². The Bertz CT molecular complexity index is 769. The summed E-state index contributed by atoms with van der Waals surface area (Å²) in [4.78, 5) is 16.4. The van der Waals surface area contributed by atoms with E-state index >= 15 is 0 Å². The number of amides is 1. The molecule has 158 valence electrons. The van der Waals surface area contributed by atoms with Gasteiger partial charge in [0.25, 0.3) is 0 Å². The van der Waals surface area contributed by atoms with Crippen molar-refractivity contribution in [2.45, 2.75) is 58.0 Å². The monoisotopic (exact) mass is 399 g/mol. The van der Waals surface area contributed by atoms with Crippen molar-refractivity contribution in [1.82, 2.24) is 10.1 Å². The Balaban J connectivity index is 1.92. The molecule has 0 N–H and O–H groups in total. The molecule has 1 amide bonds. The number of anilines is 1. The molecule has 0 spiro atoms. The molecule has 0 bridgehead atoms. The number of benzene rings is 1. The van der Waals surface area contributed by atoms with Crippen LogP contribution in [0.5, 0.6) is 0 Å². The second kappa shape index (κ2) is 10.4. The van der Waals surface area contributed by atoms with Crippen molar-refractivity contribution in [3.63, 3.8) is 0 Å². The first kappa shape index (κ1) is 21.4. The van der Waals surface area contributed by atoms with E-state index in [1.165, 1.54) is 32.1 Å². The molecule has 1 fully saturated rings. The summed E-state index contributed by atoms with van der Waals surface area (Å²) in [6, 6.07) is 10.5. The number of nitrogens with zero attached hydrogens (tertiary/aromatic N) is 3. The molecule has 0 aliphatic heterocycles. The standard InChI is InChI=1S/C23H33N3O3/c1-18(27)26(15-10-16-28-3)17-21-22(19-11-6-4-7-12-19)24-29-23(21)25(2)20-13-8-5-9-14-20/h4,6-7,11-12,20H,5,8-10,13-17H2,1-3H3. The molecular weight excluding hydrogens is 366 g/mol. The molecule has 1 saturated carbocycles. The normalized spacial score (nSPS) is 14.7. The predicted octanol–water partition coefficient (Wildman–Crippen LogP) is 4.50. The van der Waals surface area contributed by atoms with Crippen LogP contribution in [0.2, 0.25) is 0 Å². The second-order valence-electron chi connectivity index (χ2n) is 7.87. The highest BCUT2D eigenvalue weighted by atomic mass is 16.5. The highest BCUT2D eigenvalue weighted by molar-refractivity contribution is 5.75. The molecule has 2 aromatic rings. The Morgan fingerprint density at radius 2 is 1.93 bits per heavy atom. The summed E-state index contributed by atoms with van der Waals surface area (Å²) in [5.41, 5.74) is 2.81. The van der Waals surface area contributed by atoms with Gasteiger partial charge in [-0.05, 0) is 19.3 Å². The highest BCUT2D eigenvalue weighted by Gasteiger charge is 2.28. The van der Waals surface area contributed by atoms with E-state index < -0.39 is 0 Å². The van der Waals surface area contributed by atoms with Gasteiger partial charge in [0.2, 0.25) is 11.8 Å². The molecule has 0 atom stereocenters. The molecule has 6 nitrogen and oxygen atoms in total. The average Bonchev–Trinajstić information content (AvgIpc) is 3.17. The van der Waals surface area contributed by atoms with Gasteiger partial charge >= 0.3 is 0 Å². The van der Waals surface area contributed by atoms with Crippen molar-refractivity contribution < 1.29 is 14.1 Å². The third-order valence-corrected chi connectivity index (χ3v) is 5.83. The molecular formula is C23H33N3O3. The molecule has 1 heterocycles. The quantitative estimate of drug-likeness (QED) is 0.581. The lowest BCUT2D eigenvalue weighted by Gasteiger charge is -2.31. The number of ether oxygens (including phenoxy) is 1. The Kier molecular flexibility index (Phi) is 7.69. The Morgan fingerprint density at radius 1 is 1.21 bits per heavy atom. The van der Waals surface area contributed by atoms with Crippen LogP contribution in [0.3, 0.4) is 0 Å². The van der Waals surface area contributed by atoms with Crippen LogP contribution in [0.4, 0.5) is 5.88 Å². The smallest absolute Gasteiger partial charge is 0.232 e. The van der Waals surface area contributed by atoms with Crippen LogP contribution >= 0.6 is 0 Å². The van der Waals surface area contributed by atoms with Gasteiger partial charge in [-0.15, -0.1) is 0 Å². The number of hydrogen-bond donors (Lipinski definition) is 0. The summed E-state index contributed by atoms with van der Waals surface area (Å²) in [6.45, 7) is 3.38. The fourth-order valence-electron chi connectivity index (χ4n) is 4.12. The van der Waals surface area contributed by atoms with Crippen LogP contribution in [-0.2, 0) is 16.1 Å². The number of carbonyl (C=O) groups excluding carboxylic acids is 1. The summed E-state index contributed by atoms with van der Waals surface area (Å²) >= 11 is 0. The lowest BCUT2D eigenvalue weighted by atomic mass is 9.94. The topological polar surface area (TPSA) is 58.8 Å². The van der Waals surface area contributed by atoms with E-state index in [1.54, 1.807) is 14.0 Å². The van der Waals surface area contributed by atoms with Gasteiger partial charge in [0.1, 0.15) is 5.69 Å². The Hall–Kier alpha value is -2.34. The number of aromatic nitrogens is 1. The van der Waals surface area contributed by atoms with Crippen molar-refractivity contribution in [2.75, 3.05) is 32.2 Å². The SMILES string of the molecule is COCCCN(Cc1c(-c2ccccc2)noc1N(C)C1CCCCC1)C(C)=O. The second-order valence-corrected chi connectivity index (χ2v) is 7.87. The third-order valence-electron chi connectivity index (χ3n) is 5.83. The van der Waals surface area contributed by atoms with E-state index in [1.807, 2.05) is 35.2 Å². The lowest BCUT2D eigenvalue weighted by Crippen LogP contribution is -2.35. The van der Waals surface area contributed by atoms with E-state index in [2.05, 4.69) is 17.1 Å². The van der Waals surface area contributed by atoms with Gasteiger partial charge in [0, 0.05) is 45.8 Å². The first-order valence-corrected chi connectivity index (χ1v) is 10.6. The lowest BCUT2D eigenvalue weighted by molar-refractivity contribution is -0.129. The molecule has 29 heavy (non-hydrogen) atoms. The molecule has 0 saturated heterocycles. The van der Waals surface area contributed by atoms with Crippen molar-refractivity contribution in [3.05, 3.63) is 35.9 Å². The Labute approximate surface area is 173 Å². The molecule has 1 aromatic heterocycles. The number of carbonyl (C=O) groups is 1. The summed E-state index contributed by atoms with van der Waals surface area (Å²) in [5, 5.41) is 4.43. The molecule has 0 unspecified atom stereocenters. The van der Waals surface area contributed by atoms with Crippen molar-refractivity contribution >= 4 is 11.8 Å². The average molecular weight is 400 g/mol. The molecule has 1 aliphatic carbocycles. The molecule has 6 heteroatoms. The molecule has 1 aromatic carbocycles. The summed E-state index contributed by atoms with van der Waals surface area (Å²) in [7, 11) is 3.78. The molecule has 0 radical (unpaired) electrons. The van der Waals surface area contributed by atoms with Crippen molar-refractivity contribution in [1.29, 1.82) is 0 Å². The minimum atomic E-state index is 0.0487. The van der Waals surface area contributed by atoms with E-state index in [4.69, 9.17) is 9.26 Å². The molecule has 3 rings (SSSR count). The van der Waals surface area contributed by atoms with Crippen LogP contribution < -0.4 is 4.90 Å². The summed E-state index contributed by atoms with van der Waals surface area (Å²) in [6.07, 6.45) is 6.95. The van der Waals surface area contributed by atoms with Crippen LogP contribution in [0.25, 0.3) is 11.3 Å². The zero-order valence-corrected chi connectivity index (χ0v) is 17.9. The van der Waals surface area contributed by atoms with Gasteiger partial charge < -0.3 is 19.1 Å². The van der Waals surface area contributed by atoms with Gasteiger partial charge in [0.15, 0.2) is 0 Å². The van der Waals surface area contributed by atoms with Crippen molar-refractivity contribution in [3.8, 4) is 11.3 Å². The molecule has 1 aliphatic rings. The largest absolute Gasteiger partial charge is 0.385 e. The zero-order chi connectivity index (χ0) is 20.6. The summed E-state index contributed by atoms with van der Waals surface area (Å²) < 4.78 is 11.0. The van der Waals surface area contributed by atoms with Gasteiger partial charge in [-0.3, -0.25) is 4.79 Å². The van der Waals surface area contributed by atoms with E-state index in [-0.39, 0.29) is 5.91 Å². The van der Waals surface area contributed by atoms with Gasteiger partial charge in [0.05, 0.1) is 12.1 Å². The Morgan fingerprint density at radius 3 is 2.59 bits per heavy atom. The summed E-state index contributed by atoms with van der Waals surface area (Å²) in [5.74, 6) is 0.835. The number of methoxy groups -OCH3 is 1. The van der Waals surface area contributed by atoms with E-state index in [0.717, 1.165) is 29.1 Å². The fraction of sp³-hybridized carbons (Fsp3) is 0.565. The first-order valence-electron chi connectivity index (χ1n) is 10.6. The number of rotatable bonds is 9. The maximum atomic E-state index is 12.3. The van der Waals surface area contributed by atoms with Gasteiger partial charge in [-0.25, -0.2) is 0 Å². The minimum absolute atomic E-state index is 0.0487.